The van der Waals surface area contributed by atoms with Crippen molar-refractivity contribution in [3.63, 3.8) is 0 Å². The Bertz CT molecular complexity index is 872. The van der Waals surface area contributed by atoms with E-state index in [4.69, 9.17) is 11.6 Å². The number of halogens is 3. The number of rotatable bonds is 3. The predicted octanol–water partition coefficient (Wildman–Crippen LogP) is 2.22. The molecule has 2 aromatic rings. The van der Waals surface area contributed by atoms with E-state index in [-0.39, 0.29) is 16.4 Å². The number of carbonyl (C=O) groups is 1. The molecule has 1 saturated heterocycles. The fourth-order valence-corrected chi connectivity index (χ4v) is 3.00. The molecule has 3 rings (SSSR count). The maximum atomic E-state index is 13.8. The Hall–Kier alpha value is -2.48. The molecule has 1 N–H and O–H groups in total. The third-order valence-electron chi connectivity index (χ3n) is 3.89. The van der Waals surface area contributed by atoms with Crippen molar-refractivity contribution in [2.45, 2.75) is 18.9 Å². The van der Waals surface area contributed by atoms with Crippen LogP contribution in [0.25, 0.3) is 5.69 Å². The van der Waals surface area contributed by atoms with Gasteiger partial charge in [0.1, 0.15) is 22.6 Å². The lowest BCUT2D eigenvalue weighted by atomic mass is 10.2. The standard InChI is InChI=1S/C15H12ClF2N3O3/c16-13-12(20-5-1-2-11(20)15(23)24)7-19-21(14(13)22)10-4-3-8(17)6-9(10)18/h3-4,6-7,11H,1-2,5H2,(H,23,24)/t11-/m1/s1. The number of carboxylic acid groups (broad SMARTS) is 1. The monoisotopic (exact) mass is 355 g/mol. The molecule has 1 aliphatic rings. The Morgan fingerprint density at radius 3 is 2.75 bits per heavy atom. The lowest BCUT2D eigenvalue weighted by Gasteiger charge is -2.24. The van der Waals surface area contributed by atoms with Crippen LogP contribution in [-0.4, -0.2) is 33.4 Å². The Kier molecular flexibility index (Phi) is 4.23. The first-order valence-corrected chi connectivity index (χ1v) is 7.50. The summed E-state index contributed by atoms with van der Waals surface area (Å²) in [6, 6.07) is 1.91. The highest BCUT2D eigenvalue weighted by Crippen LogP contribution is 2.29. The third kappa shape index (κ3) is 2.73. The molecule has 9 heteroatoms. The largest absolute Gasteiger partial charge is 0.480 e. The number of nitrogens with zero attached hydrogens (tertiary/aromatic N) is 3. The van der Waals surface area contributed by atoms with Crippen molar-refractivity contribution < 1.29 is 18.7 Å². The molecule has 1 aromatic heterocycles. The summed E-state index contributed by atoms with van der Waals surface area (Å²) in [7, 11) is 0. The second kappa shape index (κ2) is 6.20. The average molecular weight is 356 g/mol. The number of anilines is 1. The van der Waals surface area contributed by atoms with E-state index in [1.54, 1.807) is 0 Å². The van der Waals surface area contributed by atoms with Crippen LogP contribution in [0.4, 0.5) is 14.5 Å². The van der Waals surface area contributed by atoms with Crippen LogP contribution in [0.3, 0.4) is 0 Å². The molecule has 0 spiro atoms. The van der Waals surface area contributed by atoms with Crippen molar-refractivity contribution >= 4 is 23.3 Å². The predicted molar refractivity (Wildman–Crippen MR) is 82.8 cm³/mol. The second-order valence-corrected chi connectivity index (χ2v) is 5.72. The summed E-state index contributed by atoms with van der Waals surface area (Å²) < 4.78 is 27.6. The van der Waals surface area contributed by atoms with Crippen molar-refractivity contribution in [3.8, 4) is 5.69 Å². The molecule has 1 atom stereocenters. The molecule has 24 heavy (non-hydrogen) atoms. The highest BCUT2D eigenvalue weighted by Gasteiger charge is 2.33. The molecule has 1 aliphatic heterocycles. The van der Waals surface area contributed by atoms with Gasteiger partial charge in [0.15, 0.2) is 5.82 Å². The first-order chi connectivity index (χ1) is 11.4. The molecular formula is C15H12ClF2N3O3. The molecule has 6 nitrogen and oxygen atoms in total. The summed E-state index contributed by atoms with van der Waals surface area (Å²) in [6.07, 6.45) is 2.29. The summed E-state index contributed by atoms with van der Waals surface area (Å²) in [6.45, 7) is 0.423. The quantitative estimate of drug-likeness (QED) is 0.913. The smallest absolute Gasteiger partial charge is 0.326 e. The fourth-order valence-electron chi connectivity index (χ4n) is 2.76. The van der Waals surface area contributed by atoms with Gasteiger partial charge >= 0.3 is 5.97 Å². The zero-order valence-corrected chi connectivity index (χ0v) is 13.0. The number of carboxylic acids is 1. The van der Waals surface area contributed by atoms with E-state index in [9.17, 15) is 23.5 Å². The van der Waals surface area contributed by atoms with Crippen molar-refractivity contribution in [2.24, 2.45) is 0 Å². The second-order valence-electron chi connectivity index (χ2n) is 5.35. The summed E-state index contributed by atoms with van der Waals surface area (Å²) >= 11 is 6.08. The van der Waals surface area contributed by atoms with E-state index in [1.165, 1.54) is 11.1 Å². The molecule has 0 radical (unpaired) electrons. The van der Waals surface area contributed by atoms with E-state index in [0.717, 1.165) is 12.1 Å². The topological polar surface area (TPSA) is 75.4 Å². The van der Waals surface area contributed by atoms with Gasteiger partial charge in [0, 0.05) is 12.6 Å². The molecule has 0 aliphatic carbocycles. The van der Waals surface area contributed by atoms with Crippen LogP contribution in [0.2, 0.25) is 5.02 Å². The normalized spacial score (nSPS) is 17.3. The molecule has 0 bridgehead atoms. The van der Waals surface area contributed by atoms with Crippen molar-refractivity contribution in [3.05, 3.63) is 51.4 Å². The summed E-state index contributed by atoms with van der Waals surface area (Å²) in [5.41, 5.74) is -0.868. The molecule has 1 aromatic carbocycles. The lowest BCUT2D eigenvalue weighted by molar-refractivity contribution is -0.138. The first kappa shape index (κ1) is 16.4. The van der Waals surface area contributed by atoms with Crippen LogP contribution < -0.4 is 10.5 Å². The third-order valence-corrected chi connectivity index (χ3v) is 4.24. The Labute approximate surface area is 139 Å². The van der Waals surface area contributed by atoms with Crippen LogP contribution in [0.15, 0.2) is 29.2 Å². The maximum Gasteiger partial charge on any atom is 0.326 e. The highest BCUT2D eigenvalue weighted by atomic mass is 35.5. The maximum absolute atomic E-state index is 13.8. The van der Waals surface area contributed by atoms with Gasteiger partial charge in [0.2, 0.25) is 0 Å². The molecule has 1 fully saturated rings. The van der Waals surface area contributed by atoms with E-state index < -0.39 is 29.2 Å². The van der Waals surface area contributed by atoms with Crippen LogP contribution in [0, 0.1) is 11.6 Å². The minimum absolute atomic E-state index is 0.185. The summed E-state index contributed by atoms with van der Waals surface area (Å²) in [5, 5.41) is 12.8. The van der Waals surface area contributed by atoms with Gasteiger partial charge < -0.3 is 10.0 Å². The molecule has 0 unspecified atom stereocenters. The van der Waals surface area contributed by atoms with Crippen molar-refractivity contribution in [2.75, 3.05) is 11.4 Å². The zero-order valence-electron chi connectivity index (χ0n) is 12.2. The number of benzene rings is 1. The van der Waals surface area contributed by atoms with Crippen molar-refractivity contribution in [1.82, 2.24) is 9.78 Å². The van der Waals surface area contributed by atoms with Gasteiger partial charge in [-0.05, 0) is 25.0 Å². The Morgan fingerprint density at radius 1 is 1.33 bits per heavy atom. The van der Waals surface area contributed by atoms with Crippen LogP contribution in [0.5, 0.6) is 0 Å². The molecule has 126 valence electrons. The van der Waals surface area contributed by atoms with Gasteiger partial charge in [-0.1, -0.05) is 11.6 Å². The van der Waals surface area contributed by atoms with Gasteiger partial charge in [-0.25, -0.2) is 13.6 Å². The number of aromatic nitrogens is 2. The van der Waals surface area contributed by atoms with Gasteiger partial charge in [-0.15, -0.1) is 0 Å². The Balaban J connectivity index is 2.07. The van der Waals surface area contributed by atoms with Crippen molar-refractivity contribution in [1.29, 1.82) is 0 Å². The van der Waals surface area contributed by atoms with E-state index in [2.05, 4.69) is 5.10 Å². The van der Waals surface area contributed by atoms with Crippen LogP contribution >= 0.6 is 11.6 Å². The molecule has 0 saturated carbocycles. The highest BCUT2D eigenvalue weighted by molar-refractivity contribution is 6.33. The van der Waals surface area contributed by atoms with E-state index in [0.29, 0.717) is 30.1 Å². The number of hydrogen-bond donors (Lipinski definition) is 1. The fraction of sp³-hybridized carbons (Fsp3) is 0.267. The van der Waals surface area contributed by atoms with Crippen LogP contribution in [-0.2, 0) is 4.79 Å². The van der Waals surface area contributed by atoms with E-state index in [1.807, 2.05) is 0 Å². The van der Waals surface area contributed by atoms with Gasteiger partial charge in [0.05, 0.1) is 11.9 Å². The number of aliphatic carboxylic acids is 1. The minimum atomic E-state index is -1.02. The first-order valence-electron chi connectivity index (χ1n) is 7.13. The molecule has 0 amide bonds. The van der Waals surface area contributed by atoms with Gasteiger partial charge in [-0.3, -0.25) is 4.79 Å². The molecular weight excluding hydrogens is 344 g/mol. The summed E-state index contributed by atoms with van der Waals surface area (Å²) in [5.74, 6) is -2.76. The zero-order chi connectivity index (χ0) is 17.4. The van der Waals surface area contributed by atoms with E-state index >= 15 is 0 Å². The number of hydrogen-bond acceptors (Lipinski definition) is 4. The molecule has 2 heterocycles. The average Bonchev–Trinajstić information content (AvgIpc) is 3.00. The van der Waals surface area contributed by atoms with Gasteiger partial charge in [-0.2, -0.15) is 9.78 Å². The minimum Gasteiger partial charge on any atom is -0.480 e. The lowest BCUT2D eigenvalue weighted by Crippen LogP contribution is -2.37. The SMILES string of the molecule is O=C(O)[C@H]1CCCN1c1cnn(-c2ccc(F)cc2F)c(=O)c1Cl. The van der Waals surface area contributed by atoms with Crippen LogP contribution in [0.1, 0.15) is 12.8 Å². The Morgan fingerprint density at radius 2 is 2.08 bits per heavy atom. The summed E-state index contributed by atoms with van der Waals surface area (Å²) in [4.78, 5) is 25.2. The van der Waals surface area contributed by atoms with Gasteiger partial charge in [0.25, 0.3) is 5.56 Å².